The molecule has 0 amide bonds. The molecule has 0 saturated carbocycles. The van der Waals surface area contributed by atoms with Crippen molar-refractivity contribution in [2.75, 3.05) is 14.2 Å². The average Bonchev–Trinajstić information content (AvgIpc) is 2.98. The van der Waals surface area contributed by atoms with Crippen LogP contribution >= 0.6 is 11.3 Å². The lowest BCUT2D eigenvalue weighted by atomic mass is 10.2. The molecule has 0 bridgehead atoms. The van der Waals surface area contributed by atoms with E-state index in [0.29, 0.717) is 22.8 Å². The first-order valence-electron chi connectivity index (χ1n) is 5.57. The molecule has 2 rings (SSSR count). The van der Waals surface area contributed by atoms with E-state index in [1.807, 2.05) is 10.8 Å². The number of ketones is 1. The number of methoxy groups -OCH3 is 2. The fourth-order valence-electron chi connectivity index (χ4n) is 1.51. The maximum atomic E-state index is 11.8. The standard InChI is InChI=1S/C14H13NO3S/c1-17-13-7-11(15-8-14(13)18-2)3-4-12(16)10-5-6-19-9-10/h3-9H,1-2H3/b4-3+. The first kappa shape index (κ1) is 13.3. The summed E-state index contributed by atoms with van der Waals surface area (Å²) in [6, 6.07) is 3.51. The van der Waals surface area contributed by atoms with E-state index in [1.165, 1.54) is 17.4 Å². The monoisotopic (exact) mass is 275 g/mol. The van der Waals surface area contributed by atoms with Gasteiger partial charge in [0.05, 0.1) is 26.1 Å². The van der Waals surface area contributed by atoms with Gasteiger partial charge in [-0.2, -0.15) is 11.3 Å². The van der Waals surface area contributed by atoms with Gasteiger partial charge in [0.2, 0.25) is 0 Å². The summed E-state index contributed by atoms with van der Waals surface area (Å²) in [5.74, 6) is 1.10. The van der Waals surface area contributed by atoms with Gasteiger partial charge in [0.15, 0.2) is 17.3 Å². The Labute approximate surface area is 115 Å². The van der Waals surface area contributed by atoms with Gasteiger partial charge in [0, 0.05) is 17.0 Å². The van der Waals surface area contributed by atoms with Gasteiger partial charge in [-0.15, -0.1) is 0 Å². The first-order valence-corrected chi connectivity index (χ1v) is 6.51. The number of pyridine rings is 1. The van der Waals surface area contributed by atoms with E-state index >= 15 is 0 Å². The zero-order chi connectivity index (χ0) is 13.7. The van der Waals surface area contributed by atoms with E-state index in [4.69, 9.17) is 9.47 Å². The summed E-state index contributed by atoms with van der Waals surface area (Å²) in [5, 5.41) is 3.68. The Balaban J connectivity index is 2.17. The van der Waals surface area contributed by atoms with Gasteiger partial charge in [-0.3, -0.25) is 9.78 Å². The van der Waals surface area contributed by atoms with E-state index in [0.717, 1.165) is 0 Å². The van der Waals surface area contributed by atoms with Gasteiger partial charge < -0.3 is 9.47 Å². The first-order chi connectivity index (χ1) is 9.24. The molecular weight excluding hydrogens is 262 g/mol. The van der Waals surface area contributed by atoms with Crippen LogP contribution in [-0.4, -0.2) is 25.0 Å². The number of hydrogen-bond donors (Lipinski definition) is 0. The van der Waals surface area contributed by atoms with Gasteiger partial charge in [-0.1, -0.05) is 0 Å². The van der Waals surface area contributed by atoms with Crippen LogP contribution in [0.3, 0.4) is 0 Å². The van der Waals surface area contributed by atoms with Crippen molar-refractivity contribution in [3.8, 4) is 11.5 Å². The van der Waals surface area contributed by atoms with Crippen molar-refractivity contribution in [3.63, 3.8) is 0 Å². The van der Waals surface area contributed by atoms with Crippen molar-refractivity contribution in [2.24, 2.45) is 0 Å². The highest BCUT2D eigenvalue weighted by Crippen LogP contribution is 2.26. The Bertz CT molecular complexity index is 591. The van der Waals surface area contributed by atoms with Crippen LogP contribution in [0.15, 0.2) is 35.2 Å². The van der Waals surface area contributed by atoms with E-state index in [-0.39, 0.29) is 5.78 Å². The molecule has 2 heterocycles. The van der Waals surface area contributed by atoms with E-state index in [2.05, 4.69) is 4.98 Å². The van der Waals surface area contributed by atoms with Crippen LogP contribution in [0.25, 0.3) is 6.08 Å². The molecule has 0 aromatic carbocycles. The summed E-state index contributed by atoms with van der Waals surface area (Å²) in [6.07, 6.45) is 4.71. The Hall–Kier alpha value is -2.14. The fraction of sp³-hybridized carbons (Fsp3) is 0.143. The average molecular weight is 275 g/mol. The number of thiophene rings is 1. The molecular formula is C14H13NO3S. The Morgan fingerprint density at radius 1 is 1.32 bits per heavy atom. The summed E-state index contributed by atoms with van der Waals surface area (Å²) in [4.78, 5) is 16.0. The molecule has 0 spiro atoms. The molecule has 0 aliphatic rings. The number of aromatic nitrogens is 1. The molecule has 2 aromatic rings. The van der Waals surface area contributed by atoms with Crippen LogP contribution in [0, 0.1) is 0 Å². The molecule has 0 atom stereocenters. The van der Waals surface area contributed by atoms with Crippen LogP contribution in [0.4, 0.5) is 0 Å². The third-order valence-electron chi connectivity index (χ3n) is 2.50. The third kappa shape index (κ3) is 3.20. The highest BCUT2D eigenvalue weighted by atomic mass is 32.1. The smallest absolute Gasteiger partial charge is 0.186 e. The van der Waals surface area contributed by atoms with Crippen LogP contribution in [0.5, 0.6) is 11.5 Å². The normalized spacial score (nSPS) is 10.6. The van der Waals surface area contributed by atoms with E-state index < -0.39 is 0 Å². The van der Waals surface area contributed by atoms with Gasteiger partial charge in [-0.05, 0) is 23.6 Å². The number of nitrogens with zero attached hydrogens (tertiary/aromatic N) is 1. The Morgan fingerprint density at radius 3 is 2.74 bits per heavy atom. The quantitative estimate of drug-likeness (QED) is 0.621. The van der Waals surface area contributed by atoms with Crippen LogP contribution in [0.1, 0.15) is 16.1 Å². The lowest BCUT2D eigenvalue weighted by molar-refractivity contribution is 0.104. The van der Waals surface area contributed by atoms with Crippen molar-refractivity contribution in [1.82, 2.24) is 4.98 Å². The third-order valence-corrected chi connectivity index (χ3v) is 3.19. The predicted molar refractivity (Wildman–Crippen MR) is 75.0 cm³/mol. The zero-order valence-electron chi connectivity index (χ0n) is 10.6. The second-order valence-electron chi connectivity index (χ2n) is 3.67. The minimum absolute atomic E-state index is 0.0437. The number of carbonyl (C=O) groups is 1. The molecule has 0 saturated heterocycles. The number of rotatable bonds is 5. The SMILES string of the molecule is COc1cnc(/C=C/C(=O)c2ccsc2)cc1OC. The number of hydrogen-bond acceptors (Lipinski definition) is 5. The van der Waals surface area contributed by atoms with E-state index in [1.54, 1.807) is 38.6 Å². The maximum absolute atomic E-state index is 11.8. The molecule has 0 radical (unpaired) electrons. The largest absolute Gasteiger partial charge is 0.493 e. The fourth-order valence-corrected chi connectivity index (χ4v) is 2.15. The van der Waals surface area contributed by atoms with Crippen molar-refractivity contribution in [2.45, 2.75) is 0 Å². The van der Waals surface area contributed by atoms with Crippen LogP contribution < -0.4 is 9.47 Å². The maximum Gasteiger partial charge on any atom is 0.186 e. The van der Waals surface area contributed by atoms with Gasteiger partial charge in [0.25, 0.3) is 0 Å². The number of ether oxygens (including phenoxy) is 2. The summed E-state index contributed by atoms with van der Waals surface area (Å²) in [7, 11) is 3.11. The molecule has 5 heteroatoms. The summed E-state index contributed by atoms with van der Waals surface area (Å²) in [6.45, 7) is 0. The van der Waals surface area contributed by atoms with Crippen molar-refractivity contribution in [3.05, 3.63) is 46.4 Å². The lowest BCUT2D eigenvalue weighted by Crippen LogP contribution is -1.94. The van der Waals surface area contributed by atoms with Crippen molar-refractivity contribution < 1.29 is 14.3 Å². The zero-order valence-corrected chi connectivity index (χ0v) is 11.4. The molecule has 4 nitrogen and oxygen atoms in total. The van der Waals surface area contributed by atoms with Gasteiger partial charge in [-0.25, -0.2) is 0 Å². The minimum atomic E-state index is -0.0437. The second-order valence-corrected chi connectivity index (χ2v) is 4.45. The van der Waals surface area contributed by atoms with Crippen molar-refractivity contribution in [1.29, 1.82) is 0 Å². The van der Waals surface area contributed by atoms with Gasteiger partial charge in [0.1, 0.15) is 0 Å². The Morgan fingerprint density at radius 2 is 2.11 bits per heavy atom. The minimum Gasteiger partial charge on any atom is -0.493 e. The summed E-state index contributed by atoms with van der Waals surface area (Å²) in [5.41, 5.74) is 1.32. The summed E-state index contributed by atoms with van der Waals surface area (Å²) >= 11 is 1.49. The summed E-state index contributed by atoms with van der Waals surface area (Å²) < 4.78 is 10.3. The molecule has 0 fully saturated rings. The number of allylic oxidation sites excluding steroid dienone is 1. The lowest BCUT2D eigenvalue weighted by Gasteiger charge is -2.06. The Kier molecular flexibility index (Phi) is 4.30. The van der Waals surface area contributed by atoms with Crippen LogP contribution in [-0.2, 0) is 0 Å². The highest BCUT2D eigenvalue weighted by molar-refractivity contribution is 7.08. The second kappa shape index (κ2) is 6.15. The highest BCUT2D eigenvalue weighted by Gasteiger charge is 2.05. The van der Waals surface area contributed by atoms with E-state index in [9.17, 15) is 4.79 Å². The molecule has 19 heavy (non-hydrogen) atoms. The molecule has 0 aliphatic heterocycles. The molecule has 2 aromatic heterocycles. The topological polar surface area (TPSA) is 48.4 Å². The molecule has 0 N–H and O–H groups in total. The molecule has 98 valence electrons. The molecule has 0 unspecified atom stereocenters. The van der Waals surface area contributed by atoms with Crippen molar-refractivity contribution >= 4 is 23.2 Å². The number of carbonyl (C=O) groups excluding carboxylic acids is 1. The molecule has 0 aliphatic carbocycles. The van der Waals surface area contributed by atoms with Crippen LogP contribution in [0.2, 0.25) is 0 Å². The predicted octanol–water partition coefficient (Wildman–Crippen LogP) is 3.06. The van der Waals surface area contributed by atoms with Gasteiger partial charge >= 0.3 is 0 Å².